The number of thioether (sulfide) groups is 1. The molecular formula is C23H25NO3S2. The summed E-state index contributed by atoms with van der Waals surface area (Å²) in [5.74, 6) is 1.44. The lowest BCUT2D eigenvalue weighted by molar-refractivity contribution is -0.121. The summed E-state index contributed by atoms with van der Waals surface area (Å²) in [6.45, 7) is 7.40. The Hall–Kier alpha value is -2.31. The van der Waals surface area contributed by atoms with Crippen LogP contribution in [0, 0.1) is 0 Å². The van der Waals surface area contributed by atoms with Crippen molar-refractivity contribution in [3.8, 4) is 11.5 Å². The molecule has 0 atom stereocenters. The molecule has 0 radical (unpaired) electrons. The third-order valence-corrected chi connectivity index (χ3v) is 6.01. The van der Waals surface area contributed by atoms with Crippen LogP contribution in [0.3, 0.4) is 0 Å². The van der Waals surface area contributed by atoms with Crippen LogP contribution in [0.25, 0.3) is 6.08 Å². The molecule has 4 nitrogen and oxygen atoms in total. The molecule has 3 rings (SSSR count). The molecule has 0 unspecified atom stereocenters. The van der Waals surface area contributed by atoms with Crippen LogP contribution in [0.1, 0.15) is 31.9 Å². The Balaban J connectivity index is 1.58. The SMILES string of the molecule is CN1C(=O)/C(=C/c2ccccc2OCCOc2ccc(C(C)(C)C)cc2)SC1=S. The second kappa shape index (κ2) is 9.01. The van der Waals surface area contributed by atoms with Gasteiger partial charge in [0.05, 0.1) is 4.91 Å². The van der Waals surface area contributed by atoms with Gasteiger partial charge in [-0.25, -0.2) is 0 Å². The molecule has 2 aromatic rings. The smallest absolute Gasteiger partial charge is 0.265 e. The first kappa shape index (κ1) is 21.4. The average Bonchev–Trinajstić information content (AvgIpc) is 2.93. The highest BCUT2D eigenvalue weighted by Crippen LogP contribution is 2.33. The molecule has 1 saturated heterocycles. The van der Waals surface area contributed by atoms with Gasteiger partial charge in [0.2, 0.25) is 0 Å². The van der Waals surface area contributed by atoms with E-state index in [0.717, 1.165) is 11.3 Å². The fourth-order valence-corrected chi connectivity index (χ4v) is 3.95. The van der Waals surface area contributed by atoms with Crippen molar-refractivity contribution in [1.82, 2.24) is 4.90 Å². The maximum Gasteiger partial charge on any atom is 0.265 e. The number of para-hydroxylation sites is 1. The maximum atomic E-state index is 12.2. The number of ether oxygens (including phenoxy) is 2. The van der Waals surface area contributed by atoms with Crippen molar-refractivity contribution in [3.05, 3.63) is 64.6 Å². The number of nitrogens with zero attached hydrogens (tertiary/aromatic N) is 1. The molecule has 1 aliphatic heterocycles. The van der Waals surface area contributed by atoms with Crippen LogP contribution >= 0.6 is 24.0 Å². The monoisotopic (exact) mass is 427 g/mol. The first-order chi connectivity index (χ1) is 13.8. The highest BCUT2D eigenvalue weighted by molar-refractivity contribution is 8.26. The number of benzene rings is 2. The third-order valence-electron chi connectivity index (χ3n) is 4.52. The Bertz CT molecular complexity index is 930. The molecule has 0 spiro atoms. The molecule has 1 amide bonds. The molecule has 0 aliphatic carbocycles. The summed E-state index contributed by atoms with van der Waals surface area (Å²) in [5.41, 5.74) is 2.24. The van der Waals surface area contributed by atoms with E-state index in [0.29, 0.717) is 28.2 Å². The lowest BCUT2D eigenvalue weighted by atomic mass is 9.87. The lowest BCUT2D eigenvalue weighted by Gasteiger charge is -2.19. The number of thiocarbonyl (C=S) groups is 1. The van der Waals surface area contributed by atoms with E-state index in [1.165, 1.54) is 22.2 Å². The Kier molecular flexibility index (Phi) is 6.65. The highest BCUT2D eigenvalue weighted by Gasteiger charge is 2.28. The van der Waals surface area contributed by atoms with Gasteiger partial charge >= 0.3 is 0 Å². The van der Waals surface area contributed by atoms with Crippen molar-refractivity contribution in [2.24, 2.45) is 0 Å². The molecule has 2 aromatic carbocycles. The zero-order valence-electron chi connectivity index (χ0n) is 17.1. The van der Waals surface area contributed by atoms with Gasteiger partial charge in [0, 0.05) is 12.6 Å². The van der Waals surface area contributed by atoms with Crippen molar-refractivity contribution in [2.45, 2.75) is 26.2 Å². The number of likely N-dealkylation sites (N-methyl/N-ethyl adjacent to an activating group) is 1. The quantitative estimate of drug-likeness (QED) is 0.357. The van der Waals surface area contributed by atoms with E-state index in [9.17, 15) is 4.79 Å². The topological polar surface area (TPSA) is 38.8 Å². The minimum atomic E-state index is -0.0863. The summed E-state index contributed by atoms with van der Waals surface area (Å²) in [6.07, 6.45) is 1.82. The van der Waals surface area contributed by atoms with Gasteiger partial charge in [-0.3, -0.25) is 9.69 Å². The molecule has 0 saturated carbocycles. The third kappa shape index (κ3) is 5.40. The minimum absolute atomic E-state index is 0.0863. The molecule has 1 fully saturated rings. The Morgan fingerprint density at radius 1 is 1.03 bits per heavy atom. The maximum absolute atomic E-state index is 12.2. The number of carbonyl (C=O) groups excluding carboxylic acids is 1. The van der Waals surface area contributed by atoms with Crippen molar-refractivity contribution >= 4 is 40.3 Å². The van der Waals surface area contributed by atoms with E-state index in [4.69, 9.17) is 21.7 Å². The van der Waals surface area contributed by atoms with E-state index in [1.807, 2.05) is 42.5 Å². The summed E-state index contributed by atoms with van der Waals surface area (Å²) in [4.78, 5) is 14.3. The zero-order valence-corrected chi connectivity index (χ0v) is 18.7. The predicted octanol–water partition coefficient (Wildman–Crippen LogP) is 5.27. The number of amides is 1. The van der Waals surface area contributed by atoms with Crippen molar-refractivity contribution in [2.75, 3.05) is 20.3 Å². The predicted molar refractivity (Wildman–Crippen MR) is 124 cm³/mol. The number of hydrogen-bond donors (Lipinski definition) is 0. The van der Waals surface area contributed by atoms with Gasteiger partial charge in [-0.2, -0.15) is 0 Å². The van der Waals surface area contributed by atoms with E-state index >= 15 is 0 Å². The molecule has 1 heterocycles. The summed E-state index contributed by atoms with van der Waals surface area (Å²) in [5, 5.41) is 0. The second-order valence-electron chi connectivity index (χ2n) is 7.75. The van der Waals surface area contributed by atoms with Crippen LogP contribution in [0.15, 0.2) is 53.4 Å². The Morgan fingerprint density at radius 3 is 2.31 bits per heavy atom. The normalized spacial score (nSPS) is 15.9. The Morgan fingerprint density at radius 2 is 1.69 bits per heavy atom. The van der Waals surface area contributed by atoms with Gasteiger partial charge in [-0.05, 0) is 35.3 Å². The average molecular weight is 428 g/mol. The van der Waals surface area contributed by atoms with Crippen LogP contribution in [0.4, 0.5) is 0 Å². The largest absolute Gasteiger partial charge is 0.490 e. The molecular weight excluding hydrogens is 402 g/mol. The van der Waals surface area contributed by atoms with E-state index in [2.05, 4.69) is 32.9 Å². The van der Waals surface area contributed by atoms with Crippen molar-refractivity contribution < 1.29 is 14.3 Å². The standard InChI is InChI=1S/C23H25NO3S2/c1-23(2,3)17-9-11-18(12-10-17)26-13-14-27-19-8-6-5-7-16(19)15-20-21(25)24(4)22(28)29-20/h5-12,15H,13-14H2,1-4H3/b20-15-. The fourth-order valence-electron chi connectivity index (χ4n) is 2.78. The van der Waals surface area contributed by atoms with E-state index < -0.39 is 0 Å². The van der Waals surface area contributed by atoms with Crippen molar-refractivity contribution in [3.63, 3.8) is 0 Å². The van der Waals surface area contributed by atoms with Gasteiger partial charge in [0.1, 0.15) is 29.0 Å². The zero-order chi connectivity index (χ0) is 21.0. The first-order valence-corrected chi connectivity index (χ1v) is 10.6. The molecule has 6 heteroatoms. The summed E-state index contributed by atoms with van der Waals surface area (Å²) < 4.78 is 12.3. The highest BCUT2D eigenvalue weighted by atomic mass is 32.2. The van der Waals surface area contributed by atoms with E-state index in [1.54, 1.807) is 7.05 Å². The summed E-state index contributed by atoms with van der Waals surface area (Å²) in [6, 6.07) is 15.8. The summed E-state index contributed by atoms with van der Waals surface area (Å²) >= 11 is 6.49. The minimum Gasteiger partial charge on any atom is -0.490 e. The molecule has 1 aliphatic rings. The van der Waals surface area contributed by atoms with Gasteiger partial charge in [-0.15, -0.1) is 0 Å². The molecule has 29 heavy (non-hydrogen) atoms. The second-order valence-corrected chi connectivity index (χ2v) is 9.43. The lowest BCUT2D eigenvalue weighted by Crippen LogP contribution is -2.22. The van der Waals surface area contributed by atoms with E-state index in [-0.39, 0.29) is 11.3 Å². The number of rotatable bonds is 6. The molecule has 0 bridgehead atoms. The fraction of sp³-hybridized carbons (Fsp3) is 0.304. The van der Waals surface area contributed by atoms with Gasteiger partial charge in [-0.1, -0.05) is 75.1 Å². The van der Waals surface area contributed by atoms with Crippen LogP contribution in [-0.2, 0) is 10.2 Å². The van der Waals surface area contributed by atoms with Crippen LogP contribution in [-0.4, -0.2) is 35.4 Å². The van der Waals surface area contributed by atoms with Crippen LogP contribution in [0.5, 0.6) is 11.5 Å². The Labute approximate surface area is 181 Å². The molecule has 0 N–H and O–H groups in total. The van der Waals surface area contributed by atoms with Crippen molar-refractivity contribution in [1.29, 1.82) is 0 Å². The summed E-state index contributed by atoms with van der Waals surface area (Å²) in [7, 11) is 1.69. The number of hydrogen-bond acceptors (Lipinski definition) is 5. The molecule has 152 valence electrons. The van der Waals surface area contributed by atoms with Gasteiger partial charge in [0.15, 0.2) is 0 Å². The number of carbonyl (C=O) groups is 1. The molecule has 0 aromatic heterocycles. The first-order valence-electron chi connectivity index (χ1n) is 9.42. The van der Waals surface area contributed by atoms with Gasteiger partial charge in [0.25, 0.3) is 5.91 Å². The van der Waals surface area contributed by atoms with Gasteiger partial charge < -0.3 is 9.47 Å². The van der Waals surface area contributed by atoms with Crippen LogP contribution < -0.4 is 9.47 Å². The van der Waals surface area contributed by atoms with Crippen LogP contribution in [0.2, 0.25) is 0 Å².